The SMILES string of the molecule is Cc1cnc(C(=O)N2CCc3nc(C(N)=O)sc3CC2)cn1. The molecule has 0 saturated carbocycles. The summed E-state index contributed by atoms with van der Waals surface area (Å²) in [6.07, 6.45) is 4.37. The van der Waals surface area contributed by atoms with Gasteiger partial charge in [-0.15, -0.1) is 11.3 Å². The van der Waals surface area contributed by atoms with E-state index < -0.39 is 5.91 Å². The van der Waals surface area contributed by atoms with Gasteiger partial charge in [0.1, 0.15) is 5.69 Å². The number of primary amides is 1. The minimum absolute atomic E-state index is 0.127. The predicted octanol–water partition coefficient (Wildman–Crippen LogP) is 0.581. The zero-order valence-electron chi connectivity index (χ0n) is 12.1. The quantitative estimate of drug-likeness (QED) is 0.873. The van der Waals surface area contributed by atoms with Crippen molar-refractivity contribution in [3.63, 3.8) is 0 Å². The van der Waals surface area contributed by atoms with Crippen molar-refractivity contribution in [3.05, 3.63) is 39.4 Å². The summed E-state index contributed by atoms with van der Waals surface area (Å²) in [6.45, 7) is 2.94. The van der Waals surface area contributed by atoms with Crippen LogP contribution < -0.4 is 5.73 Å². The molecule has 2 aromatic heterocycles. The van der Waals surface area contributed by atoms with Gasteiger partial charge in [0.2, 0.25) is 0 Å². The standard InChI is InChI=1S/C14H15N5O2S/c1-8-6-17-10(7-16-8)14(21)19-4-2-9-11(3-5-19)22-13(18-9)12(15)20/h6-7H,2-5H2,1H3,(H2,15,20). The molecule has 0 atom stereocenters. The van der Waals surface area contributed by atoms with Crippen LogP contribution in [0.25, 0.3) is 0 Å². The molecule has 3 heterocycles. The Labute approximate surface area is 131 Å². The molecule has 1 aliphatic heterocycles. The second-order valence-electron chi connectivity index (χ2n) is 5.09. The number of thiazole rings is 1. The van der Waals surface area contributed by atoms with E-state index in [2.05, 4.69) is 15.0 Å². The Morgan fingerprint density at radius 1 is 1.23 bits per heavy atom. The van der Waals surface area contributed by atoms with Crippen molar-refractivity contribution in [1.82, 2.24) is 19.9 Å². The molecule has 0 bridgehead atoms. The highest BCUT2D eigenvalue weighted by Gasteiger charge is 2.24. The highest BCUT2D eigenvalue weighted by atomic mass is 32.1. The second-order valence-corrected chi connectivity index (χ2v) is 6.17. The van der Waals surface area contributed by atoms with Crippen molar-refractivity contribution in [1.29, 1.82) is 0 Å². The van der Waals surface area contributed by atoms with Gasteiger partial charge in [0.15, 0.2) is 5.01 Å². The molecule has 8 heteroatoms. The molecule has 2 N–H and O–H groups in total. The van der Waals surface area contributed by atoms with Gasteiger partial charge < -0.3 is 10.6 Å². The zero-order valence-corrected chi connectivity index (χ0v) is 12.9. The first-order valence-electron chi connectivity index (χ1n) is 6.91. The van der Waals surface area contributed by atoms with Gasteiger partial charge in [0.25, 0.3) is 11.8 Å². The Balaban J connectivity index is 1.74. The number of aromatic nitrogens is 3. The van der Waals surface area contributed by atoms with Crippen LogP contribution in [0.15, 0.2) is 12.4 Å². The highest BCUT2D eigenvalue weighted by Crippen LogP contribution is 2.23. The fourth-order valence-corrected chi connectivity index (χ4v) is 3.29. The fourth-order valence-electron chi connectivity index (χ4n) is 2.34. The number of nitrogens with two attached hydrogens (primary N) is 1. The van der Waals surface area contributed by atoms with E-state index in [1.165, 1.54) is 17.5 Å². The molecule has 2 amide bonds. The Kier molecular flexibility index (Phi) is 3.84. The highest BCUT2D eigenvalue weighted by molar-refractivity contribution is 7.13. The van der Waals surface area contributed by atoms with E-state index in [9.17, 15) is 9.59 Å². The molecule has 0 unspecified atom stereocenters. The largest absolute Gasteiger partial charge is 0.364 e. The number of carbonyl (C=O) groups is 2. The van der Waals surface area contributed by atoms with E-state index in [0.717, 1.165) is 16.3 Å². The molecule has 0 saturated heterocycles. The Morgan fingerprint density at radius 2 is 2.00 bits per heavy atom. The maximum Gasteiger partial charge on any atom is 0.277 e. The smallest absolute Gasteiger partial charge is 0.277 e. The van der Waals surface area contributed by atoms with Crippen molar-refractivity contribution in [2.24, 2.45) is 5.73 Å². The molecule has 0 aromatic carbocycles. The molecular weight excluding hydrogens is 302 g/mol. The maximum atomic E-state index is 12.4. The van der Waals surface area contributed by atoms with Gasteiger partial charge in [0.05, 0.1) is 17.6 Å². The third-order valence-electron chi connectivity index (χ3n) is 3.50. The number of hydrogen-bond donors (Lipinski definition) is 1. The van der Waals surface area contributed by atoms with Gasteiger partial charge in [0, 0.05) is 37.0 Å². The van der Waals surface area contributed by atoms with Crippen LogP contribution in [-0.2, 0) is 12.8 Å². The number of rotatable bonds is 2. The molecule has 0 spiro atoms. The third kappa shape index (κ3) is 2.82. The minimum Gasteiger partial charge on any atom is -0.364 e. The molecular formula is C14H15N5O2S. The summed E-state index contributed by atoms with van der Waals surface area (Å²) in [5.74, 6) is -0.626. The number of nitrogens with zero attached hydrogens (tertiary/aromatic N) is 4. The second kappa shape index (κ2) is 5.80. The van der Waals surface area contributed by atoms with Crippen LogP contribution in [0.2, 0.25) is 0 Å². The van der Waals surface area contributed by atoms with Crippen molar-refractivity contribution in [2.75, 3.05) is 13.1 Å². The van der Waals surface area contributed by atoms with Crippen molar-refractivity contribution >= 4 is 23.2 Å². The molecule has 0 aliphatic carbocycles. The lowest BCUT2D eigenvalue weighted by Crippen LogP contribution is -2.34. The Bertz CT molecular complexity index is 700. The minimum atomic E-state index is -0.499. The first kappa shape index (κ1) is 14.6. The first-order valence-corrected chi connectivity index (χ1v) is 7.72. The van der Waals surface area contributed by atoms with Crippen LogP contribution in [0.1, 0.15) is 36.6 Å². The van der Waals surface area contributed by atoms with Gasteiger partial charge >= 0.3 is 0 Å². The number of amides is 2. The van der Waals surface area contributed by atoms with Crippen LogP contribution >= 0.6 is 11.3 Å². The topological polar surface area (TPSA) is 102 Å². The number of hydrogen-bond acceptors (Lipinski definition) is 6. The van der Waals surface area contributed by atoms with Crippen LogP contribution in [0.5, 0.6) is 0 Å². The van der Waals surface area contributed by atoms with Crippen LogP contribution in [0.4, 0.5) is 0 Å². The number of fused-ring (bicyclic) bond motifs is 1. The summed E-state index contributed by atoms with van der Waals surface area (Å²) in [5, 5.41) is 0.342. The van der Waals surface area contributed by atoms with Crippen molar-refractivity contribution < 1.29 is 9.59 Å². The van der Waals surface area contributed by atoms with Crippen LogP contribution in [-0.4, -0.2) is 44.8 Å². The normalized spacial score (nSPS) is 14.3. The van der Waals surface area contributed by atoms with E-state index in [-0.39, 0.29) is 5.91 Å². The van der Waals surface area contributed by atoms with E-state index in [0.29, 0.717) is 36.6 Å². The average Bonchev–Trinajstić information content (AvgIpc) is 2.81. The fraction of sp³-hybridized carbons (Fsp3) is 0.357. The van der Waals surface area contributed by atoms with Crippen LogP contribution in [0.3, 0.4) is 0 Å². The molecule has 1 aliphatic rings. The lowest BCUT2D eigenvalue weighted by Gasteiger charge is -2.19. The van der Waals surface area contributed by atoms with E-state index in [1.54, 1.807) is 11.1 Å². The molecule has 114 valence electrons. The van der Waals surface area contributed by atoms with E-state index >= 15 is 0 Å². The molecule has 0 fully saturated rings. The Hall–Kier alpha value is -2.35. The molecule has 22 heavy (non-hydrogen) atoms. The summed E-state index contributed by atoms with van der Waals surface area (Å²) in [6, 6.07) is 0. The number of aryl methyl sites for hydroxylation is 1. The number of carbonyl (C=O) groups excluding carboxylic acids is 2. The lowest BCUT2D eigenvalue weighted by molar-refractivity contribution is 0.0756. The lowest BCUT2D eigenvalue weighted by atomic mass is 10.2. The Morgan fingerprint density at radius 3 is 2.68 bits per heavy atom. The van der Waals surface area contributed by atoms with Gasteiger partial charge in [-0.05, 0) is 6.92 Å². The molecule has 3 rings (SSSR count). The monoisotopic (exact) mass is 317 g/mol. The van der Waals surface area contributed by atoms with Crippen LogP contribution in [0, 0.1) is 6.92 Å². The third-order valence-corrected chi connectivity index (χ3v) is 4.68. The summed E-state index contributed by atoms with van der Waals surface area (Å²) in [7, 11) is 0. The van der Waals surface area contributed by atoms with E-state index in [1.807, 2.05) is 6.92 Å². The first-order chi connectivity index (χ1) is 10.5. The van der Waals surface area contributed by atoms with Crippen molar-refractivity contribution in [2.45, 2.75) is 19.8 Å². The zero-order chi connectivity index (χ0) is 15.7. The van der Waals surface area contributed by atoms with E-state index in [4.69, 9.17) is 5.73 Å². The molecule has 7 nitrogen and oxygen atoms in total. The molecule has 0 radical (unpaired) electrons. The predicted molar refractivity (Wildman–Crippen MR) is 80.7 cm³/mol. The van der Waals surface area contributed by atoms with Gasteiger partial charge in [-0.3, -0.25) is 14.6 Å². The maximum absolute atomic E-state index is 12.4. The van der Waals surface area contributed by atoms with Gasteiger partial charge in [-0.25, -0.2) is 9.97 Å². The summed E-state index contributed by atoms with van der Waals surface area (Å²) in [4.78, 5) is 38.9. The summed E-state index contributed by atoms with van der Waals surface area (Å²) >= 11 is 1.32. The summed E-state index contributed by atoms with van der Waals surface area (Å²) in [5.41, 5.74) is 7.25. The molecule has 2 aromatic rings. The van der Waals surface area contributed by atoms with Gasteiger partial charge in [-0.2, -0.15) is 0 Å². The van der Waals surface area contributed by atoms with Gasteiger partial charge in [-0.1, -0.05) is 0 Å². The van der Waals surface area contributed by atoms with Crippen molar-refractivity contribution in [3.8, 4) is 0 Å². The summed E-state index contributed by atoms with van der Waals surface area (Å²) < 4.78 is 0. The average molecular weight is 317 g/mol.